The van der Waals surface area contributed by atoms with E-state index >= 15 is 0 Å². The first kappa shape index (κ1) is 12.0. The van der Waals surface area contributed by atoms with Crippen molar-refractivity contribution in [3.05, 3.63) is 47.8 Å². The van der Waals surface area contributed by atoms with Crippen LogP contribution in [0.2, 0.25) is 0 Å². The van der Waals surface area contributed by atoms with Gasteiger partial charge in [-0.3, -0.25) is 0 Å². The summed E-state index contributed by atoms with van der Waals surface area (Å²) < 4.78 is 4.32. The minimum Gasteiger partial charge on any atom is -0.334 e. The van der Waals surface area contributed by atoms with Gasteiger partial charge in [0.2, 0.25) is 0 Å². The zero-order valence-electron chi connectivity index (χ0n) is 11.6. The number of rotatable bonds is 3. The van der Waals surface area contributed by atoms with Gasteiger partial charge in [0, 0.05) is 18.9 Å². The Kier molecular flexibility index (Phi) is 2.85. The zero-order chi connectivity index (χ0) is 13.4. The van der Waals surface area contributed by atoms with E-state index in [9.17, 15) is 0 Å². The lowest BCUT2D eigenvalue weighted by Crippen LogP contribution is -2.06. The zero-order valence-corrected chi connectivity index (χ0v) is 11.6. The third-order valence-electron chi connectivity index (χ3n) is 3.69. The number of hydrogen-bond acceptors (Lipinski definition) is 2. The van der Waals surface area contributed by atoms with Crippen LogP contribution in [-0.4, -0.2) is 19.1 Å². The second-order valence-electron chi connectivity index (χ2n) is 4.93. The number of nitrogens with zero attached hydrogens (tertiary/aromatic N) is 4. The molecule has 0 atom stereocenters. The lowest BCUT2D eigenvalue weighted by atomic mass is 10.1. The van der Waals surface area contributed by atoms with Crippen LogP contribution in [0.1, 0.15) is 23.9 Å². The van der Waals surface area contributed by atoms with Gasteiger partial charge in [-0.1, -0.05) is 0 Å². The fraction of sp³-hybridized carbons (Fsp3) is 0.333. The molecular formula is C15H18N4. The molecule has 0 saturated heterocycles. The maximum absolute atomic E-state index is 4.48. The van der Waals surface area contributed by atoms with Crippen LogP contribution in [0.4, 0.5) is 0 Å². The topological polar surface area (TPSA) is 35.6 Å². The quantitative estimate of drug-likeness (QED) is 0.720. The Balaban J connectivity index is 2.04. The van der Waals surface area contributed by atoms with Crippen molar-refractivity contribution in [2.75, 3.05) is 0 Å². The molecule has 0 unspecified atom stereocenters. The van der Waals surface area contributed by atoms with Crippen LogP contribution in [0.5, 0.6) is 0 Å². The first-order valence-electron chi connectivity index (χ1n) is 6.61. The van der Waals surface area contributed by atoms with Crippen molar-refractivity contribution < 1.29 is 0 Å². The summed E-state index contributed by atoms with van der Waals surface area (Å²) in [5.41, 5.74) is 4.81. The van der Waals surface area contributed by atoms with Crippen LogP contribution < -0.4 is 0 Å². The van der Waals surface area contributed by atoms with Gasteiger partial charge in [0.05, 0.1) is 23.9 Å². The number of hydrogen-bond donors (Lipinski definition) is 0. The SMILES string of the molecule is CCn1ccnc1Cn1cnc2cc(C)c(C)cc21. The van der Waals surface area contributed by atoms with E-state index in [0.717, 1.165) is 24.4 Å². The molecule has 0 fully saturated rings. The maximum atomic E-state index is 4.48. The maximum Gasteiger partial charge on any atom is 0.128 e. The first-order chi connectivity index (χ1) is 9.19. The van der Waals surface area contributed by atoms with Crippen LogP contribution in [0.3, 0.4) is 0 Å². The van der Waals surface area contributed by atoms with E-state index in [-0.39, 0.29) is 0 Å². The van der Waals surface area contributed by atoms with Crippen molar-refractivity contribution in [3.63, 3.8) is 0 Å². The van der Waals surface area contributed by atoms with Crippen LogP contribution >= 0.6 is 0 Å². The van der Waals surface area contributed by atoms with E-state index in [2.05, 4.69) is 52.0 Å². The highest BCUT2D eigenvalue weighted by atomic mass is 15.1. The summed E-state index contributed by atoms with van der Waals surface area (Å²) in [6.07, 6.45) is 5.77. The molecule has 4 nitrogen and oxygen atoms in total. The number of fused-ring (bicyclic) bond motifs is 1. The van der Waals surface area contributed by atoms with Crippen LogP contribution in [0.25, 0.3) is 11.0 Å². The van der Waals surface area contributed by atoms with Gasteiger partial charge in [-0.25, -0.2) is 9.97 Å². The standard InChI is InChI=1S/C15H18N4/c1-4-18-6-5-16-15(18)9-19-10-17-13-7-11(2)12(3)8-14(13)19/h5-8,10H,4,9H2,1-3H3. The minimum absolute atomic E-state index is 0.764. The highest BCUT2D eigenvalue weighted by Gasteiger charge is 2.08. The van der Waals surface area contributed by atoms with Crippen molar-refractivity contribution in [2.24, 2.45) is 0 Å². The Labute approximate surface area is 112 Å². The highest BCUT2D eigenvalue weighted by molar-refractivity contribution is 5.77. The summed E-state index contributed by atoms with van der Waals surface area (Å²) in [6, 6.07) is 4.35. The molecule has 0 saturated carbocycles. The highest BCUT2D eigenvalue weighted by Crippen LogP contribution is 2.19. The van der Waals surface area contributed by atoms with E-state index in [1.807, 2.05) is 18.7 Å². The molecule has 1 aromatic carbocycles. The molecule has 4 heteroatoms. The summed E-state index contributed by atoms with van der Waals surface area (Å²) in [5.74, 6) is 1.07. The molecule has 0 amide bonds. The molecule has 0 aliphatic rings. The molecular weight excluding hydrogens is 236 g/mol. The Morgan fingerprint density at radius 1 is 1.05 bits per heavy atom. The summed E-state index contributed by atoms with van der Waals surface area (Å²) in [6.45, 7) is 8.10. The Morgan fingerprint density at radius 2 is 1.84 bits per heavy atom. The van der Waals surface area contributed by atoms with Gasteiger partial charge in [0.25, 0.3) is 0 Å². The molecule has 2 heterocycles. The second kappa shape index (κ2) is 4.53. The molecule has 0 bridgehead atoms. The number of imidazole rings is 2. The van der Waals surface area contributed by atoms with Crippen molar-refractivity contribution in [2.45, 2.75) is 33.9 Å². The summed E-state index contributed by atoms with van der Waals surface area (Å²) in [7, 11) is 0. The molecule has 3 rings (SSSR count). The normalized spacial score (nSPS) is 11.3. The van der Waals surface area contributed by atoms with E-state index in [0.29, 0.717) is 0 Å². The smallest absolute Gasteiger partial charge is 0.128 e. The minimum atomic E-state index is 0.764. The van der Waals surface area contributed by atoms with E-state index in [4.69, 9.17) is 0 Å². The second-order valence-corrected chi connectivity index (χ2v) is 4.93. The van der Waals surface area contributed by atoms with E-state index in [1.165, 1.54) is 16.6 Å². The van der Waals surface area contributed by atoms with E-state index in [1.54, 1.807) is 0 Å². The number of aromatic nitrogens is 4. The third kappa shape index (κ3) is 2.03. The molecule has 0 aliphatic heterocycles. The Hall–Kier alpha value is -2.10. The largest absolute Gasteiger partial charge is 0.334 e. The average molecular weight is 254 g/mol. The molecule has 2 aromatic heterocycles. The Morgan fingerprint density at radius 3 is 2.63 bits per heavy atom. The van der Waals surface area contributed by atoms with Gasteiger partial charge in [-0.15, -0.1) is 0 Å². The molecule has 0 aliphatic carbocycles. The molecule has 0 radical (unpaired) electrons. The van der Waals surface area contributed by atoms with Crippen molar-refractivity contribution >= 4 is 11.0 Å². The molecule has 19 heavy (non-hydrogen) atoms. The third-order valence-corrected chi connectivity index (χ3v) is 3.69. The number of benzene rings is 1. The van der Waals surface area contributed by atoms with E-state index < -0.39 is 0 Å². The molecule has 0 spiro atoms. The predicted molar refractivity (Wildman–Crippen MR) is 76.2 cm³/mol. The van der Waals surface area contributed by atoms with Gasteiger partial charge in [0.1, 0.15) is 5.82 Å². The van der Waals surface area contributed by atoms with Gasteiger partial charge >= 0.3 is 0 Å². The fourth-order valence-electron chi connectivity index (χ4n) is 2.37. The van der Waals surface area contributed by atoms with Gasteiger partial charge in [-0.2, -0.15) is 0 Å². The van der Waals surface area contributed by atoms with Crippen molar-refractivity contribution in [1.29, 1.82) is 0 Å². The average Bonchev–Trinajstić information content (AvgIpc) is 2.99. The van der Waals surface area contributed by atoms with Crippen LogP contribution in [0.15, 0.2) is 30.9 Å². The van der Waals surface area contributed by atoms with Gasteiger partial charge in [-0.05, 0) is 44.0 Å². The van der Waals surface area contributed by atoms with Crippen molar-refractivity contribution in [3.8, 4) is 0 Å². The Bertz CT molecular complexity index is 721. The lowest BCUT2D eigenvalue weighted by Gasteiger charge is -2.07. The first-order valence-corrected chi connectivity index (χ1v) is 6.61. The van der Waals surface area contributed by atoms with Crippen molar-refractivity contribution in [1.82, 2.24) is 19.1 Å². The molecule has 98 valence electrons. The summed E-state index contributed by atoms with van der Waals surface area (Å²) >= 11 is 0. The van der Waals surface area contributed by atoms with Crippen LogP contribution in [-0.2, 0) is 13.1 Å². The lowest BCUT2D eigenvalue weighted by molar-refractivity contribution is 0.659. The molecule has 3 aromatic rings. The predicted octanol–water partition coefficient (Wildman–Crippen LogP) is 2.92. The number of aryl methyl sites for hydroxylation is 3. The van der Waals surface area contributed by atoms with Crippen LogP contribution in [0, 0.1) is 13.8 Å². The van der Waals surface area contributed by atoms with Gasteiger partial charge < -0.3 is 9.13 Å². The summed E-state index contributed by atoms with van der Waals surface area (Å²) in [4.78, 5) is 8.91. The van der Waals surface area contributed by atoms with Gasteiger partial charge in [0.15, 0.2) is 0 Å². The monoisotopic (exact) mass is 254 g/mol. The summed E-state index contributed by atoms with van der Waals surface area (Å²) in [5, 5.41) is 0. The molecule has 0 N–H and O–H groups in total. The fourth-order valence-corrected chi connectivity index (χ4v) is 2.37.